The molecule has 0 radical (unpaired) electrons. The van der Waals surface area contributed by atoms with Gasteiger partial charge in [0.15, 0.2) is 0 Å². The van der Waals surface area contributed by atoms with Crippen molar-refractivity contribution >= 4 is 17.5 Å². The molecular formula is C19H26N6O3. The molecule has 0 saturated heterocycles. The Morgan fingerprint density at radius 3 is 2.57 bits per heavy atom. The van der Waals surface area contributed by atoms with Gasteiger partial charge in [-0.15, -0.1) is 0 Å². The fourth-order valence-corrected chi connectivity index (χ4v) is 3.47. The number of phenolic OH excluding ortho intramolecular Hbond substituents is 1. The van der Waals surface area contributed by atoms with Crippen LogP contribution in [0.25, 0.3) is 0 Å². The van der Waals surface area contributed by atoms with Gasteiger partial charge >= 0.3 is 5.69 Å². The van der Waals surface area contributed by atoms with Gasteiger partial charge in [0.25, 0.3) is 0 Å². The Balaban J connectivity index is 1.64. The fourth-order valence-electron chi connectivity index (χ4n) is 3.47. The Morgan fingerprint density at radius 2 is 1.89 bits per heavy atom. The minimum atomic E-state index is -0.486. The molecule has 0 aliphatic heterocycles. The topological polar surface area (TPSA) is 139 Å². The van der Waals surface area contributed by atoms with E-state index in [-0.39, 0.29) is 23.2 Å². The number of hydrogen-bond donors (Lipinski definition) is 4. The van der Waals surface area contributed by atoms with E-state index in [0.717, 1.165) is 32.2 Å². The normalized spacial score (nSPS) is 19.2. The average molecular weight is 386 g/mol. The maximum Gasteiger partial charge on any atom is 0.329 e. The molecule has 9 nitrogen and oxygen atoms in total. The molecule has 0 amide bonds. The van der Waals surface area contributed by atoms with E-state index in [1.165, 1.54) is 6.20 Å². The lowest BCUT2D eigenvalue weighted by Crippen LogP contribution is -2.25. The highest BCUT2D eigenvalue weighted by Crippen LogP contribution is 2.29. The second-order valence-electron chi connectivity index (χ2n) is 7.17. The SMILES string of the molecule is NCC1CCC(CNc2nc(NCc3ccccc3O)ncc2[N+](=O)[O-])CC1. The quantitative estimate of drug-likeness (QED) is 0.401. The largest absolute Gasteiger partial charge is 0.508 e. The van der Waals surface area contributed by atoms with E-state index in [4.69, 9.17) is 5.73 Å². The maximum atomic E-state index is 11.3. The highest BCUT2D eigenvalue weighted by atomic mass is 16.6. The van der Waals surface area contributed by atoms with Gasteiger partial charge in [0, 0.05) is 18.7 Å². The lowest BCUT2D eigenvalue weighted by Gasteiger charge is -2.27. The van der Waals surface area contributed by atoms with Gasteiger partial charge in [0.05, 0.1) is 4.92 Å². The lowest BCUT2D eigenvalue weighted by molar-refractivity contribution is -0.384. The number of nitrogens with two attached hydrogens (primary N) is 1. The molecule has 3 rings (SSSR count). The Hall–Kier alpha value is -2.94. The molecule has 1 fully saturated rings. The molecule has 2 aromatic rings. The van der Waals surface area contributed by atoms with Crippen LogP contribution in [0.15, 0.2) is 30.5 Å². The van der Waals surface area contributed by atoms with Crippen molar-refractivity contribution in [1.82, 2.24) is 9.97 Å². The second-order valence-corrected chi connectivity index (χ2v) is 7.17. The van der Waals surface area contributed by atoms with Crippen molar-refractivity contribution in [3.05, 3.63) is 46.1 Å². The number of nitro groups is 1. The summed E-state index contributed by atoms with van der Waals surface area (Å²) in [5.41, 5.74) is 6.27. The summed E-state index contributed by atoms with van der Waals surface area (Å²) >= 11 is 0. The van der Waals surface area contributed by atoms with Crippen molar-refractivity contribution in [3.63, 3.8) is 0 Å². The number of nitrogens with zero attached hydrogens (tertiary/aromatic N) is 3. The molecule has 1 aliphatic carbocycles. The maximum absolute atomic E-state index is 11.3. The van der Waals surface area contributed by atoms with Gasteiger partial charge in [0.1, 0.15) is 11.9 Å². The number of para-hydroxylation sites is 1. The number of aromatic hydroxyl groups is 1. The van der Waals surface area contributed by atoms with E-state index in [1.807, 2.05) is 6.07 Å². The van der Waals surface area contributed by atoms with Gasteiger partial charge < -0.3 is 21.5 Å². The third kappa shape index (κ3) is 5.07. The smallest absolute Gasteiger partial charge is 0.329 e. The van der Waals surface area contributed by atoms with Crippen LogP contribution in [0.3, 0.4) is 0 Å². The fraction of sp³-hybridized carbons (Fsp3) is 0.474. The minimum Gasteiger partial charge on any atom is -0.508 e. The lowest BCUT2D eigenvalue weighted by atomic mass is 9.82. The van der Waals surface area contributed by atoms with Gasteiger partial charge in [-0.2, -0.15) is 4.98 Å². The van der Waals surface area contributed by atoms with Crippen molar-refractivity contribution in [2.24, 2.45) is 17.6 Å². The van der Waals surface area contributed by atoms with Gasteiger partial charge in [-0.25, -0.2) is 4.98 Å². The van der Waals surface area contributed by atoms with Crippen LogP contribution >= 0.6 is 0 Å². The summed E-state index contributed by atoms with van der Waals surface area (Å²) < 4.78 is 0. The van der Waals surface area contributed by atoms with Crippen LogP contribution in [0.2, 0.25) is 0 Å². The highest BCUT2D eigenvalue weighted by molar-refractivity contribution is 5.57. The molecule has 1 aromatic carbocycles. The van der Waals surface area contributed by atoms with E-state index >= 15 is 0 Å². The zero-order chi connectivity index (χ0) is 19.9. The van der Waals surface area contributed by atoms with Crippen LogP contribution < -0.4 is 16.4 Å². The zero-order valence-electron chi connectivity index (χ0n) is 15.7. The number of phenols is 1. The van der Waals surface area contributed by atoms with E-state index in [1.54, 1.807) is 18.2 Å². The van der Waals surface area contributed by atoms with Crippen LogP contribution in [0.5, 0.6) is 5.75 Å². The first-order chi connectivity index (χ1) is 13.6. The van der Waals surface area contributed by atoms with Crippen LogP contribution in [0.1, 0.15) is 31.2 Å². The van der Waals surface area contributed by atoms with Crippen LogP contribution in [-0.4, -0.2) is 33.1 Å². The van der Waals surface area contributed by atoms with E-state index < -0.39 is 4.92 Å². The van der Waals surface area contributed by atoms with Crippen molar-refractivity contribution in [1.29, 1.82) is 0 Å². The number of hydrogen-bond acceptors (Lipinski definition) is 8. The van der Waals surface area contributed by atoms with Crippen LogP contribution in [0, 0.1) is 22.0 Å². The zero-order valence-corrected chi connectivity index (χ0v) is 15.7. The number of aromatic nitrogens is 2. The van der Waals surface area contributed by atoms with Gasteiger partial charge in [-0.05, 0) is 50.1 Å². The summed E-state index contributed by atoms with van der Waals surface area (Å²) in [6, 6.07) is 6.94. The minimum absolute atomic E-state index is 0.149. The second kappa shape index (κ2) is 9.32. The number of nitrogens with one attached hydrogen (secondary N) is 2. The monoisotopic (exact) mass is 386 g/mol. The van der Waals surface area contributed by atoms with E-state index in [2.05, 4.69) is 20.6 Å². The summed E-state index contributed by atoms with van der Waals surface area (Å²) in [5, 5.41) is 27.3. The average Bonchev–Trinajstić information content (AvgIpc) is 2.72. The van der Waals surface area contributed by atoms with Crippen molar-refractivity contribution < 1.29 is 10.0 Å². The molecule has 0 spiro atoms. The van der Waals surface area contributed by atoms with Crippen LogP contribution in [0.4, 0.5) is 17.5 Å². The Morgan fingerprint density at radius 1 is 1.18 bits per heavy atom. The summed E-state index contributed by atoms with van der Waals surface area (Å²) in [6.45, 7) is 1.67. The summed E-state index contributed by atoms with van der Waals surface area (Å²) in [4.78, 5) is 19.1. The first kappa shape index (κ1) is 19.8. The molecule has 28 heavy (non-hydrogen) atoms. The third-order valence-corrected chi connectivity index (χ3v) is 5.25. The Kier molecular flexibility index (Phi) is 6.59. The van der Waals surface area contributed by atoms with Crippen LogP contribution in [-0.2, 0) is 6.54 Å². The van der Waals surface area contributed by atoms with Crippen molar-refractivity contribution in [2.45, 2.75) is 32.2 Å². The summed E-state index contributed by atoms with van der Waals surface area (Å²) in [5.74, 6) is 1.69. The number of benzene rings is 1. The summed E-state index contributed by atoms with van der Waals surface area (Å²) in [6.07, 6.45) is 5.52. The van der Waals surface area contributed by atoms with Crippen molar-refractivity contribution in [3.8, 4) is 5.75 Å². The molecule has 5 N–H and O–H groups in total. The third-order valence-electron chi connectivity index (χ3n) is 5.25. The molecule has 0 unspecified atom stereocenters. The Bertz CT molecular complexity index is 808. The number of anilines is 2. The molecular weight excluding hydrogens is 360 g/mol. The molecule has 1 heterocycles. The number of rotatable bonds is 8. The molecule has 0 atom stereocenters. The summed E-state index contributed by atoms with van der Waals surface area (Å²) in [7, 11) is 0. The molecule has 1 aliphatic rings. The van der Waals surface area contributed by atoms with Gasteiger partial charge in [0.2, 0.25) is 11.8 Å². The predicted octanol–water partition coefficient (Wildman–Crippen LogP) is 2.88. The Labute approximate surface area is 163 Å². The first-order valence-electron chi connectivity index (χ1n) is 9.53. The molecule has 150 valence electrons. The molecule has 9 heteroatoms. The van der Waals surface area contributed by atoms with Gasteiger partial charge in [-0.3, -0.25) is 10.1 Å². The van der Waals surface area contributed by atoms with Gasteiger partial charge in [-0.1, -0.05) is 18.2 Å². The molecule has 0 bridgehead atoms. The molecule has 1 saturated carbocycles. The first-order valence-corrected chi connectivity index (χ1v) is 9.53. The molecule has 1 aromatic heterocycles. The standard InChI is InChI=1S/C19H26N6O3/c20-9-13-5-7-14(8-6-13)10-21-18-16(25(27)28)12-23-19(24-18)22-11-15-3-1-2-4-17(15)26/h1-4,12-14,26H,5-11,20H2,(H2,21,22,23,24). The predicted molar refractivity (Wildman–Crippen MR) is 107 cm³/mol. The van der Waals surface area contributed by atoms with E-state index in [9.17, 15) is 15.2 Å². The van der Waals surface area contributed by atoms with Crippen molar-refractivity contribution in [2.75, 3.05) is 23.7 Å². The highest BCUT2D eigenvalue weighted by Gasteiger charge is 2.22. The van der Waals surface area contributed by atoms with E-state index in [0.29, 0.717) is 30.5 Å².